The van der Waals surface area contributed by atoms with E-state index in [0.29, 0.717) is 12.1 Å². The summed E-state index contributed by atoms with van der Waals surface area (Å²) in [6.07, 6.45) is 11.1. The van der Waals surface area contributed by atoms with Crippen LogP contribution in [0.4, 0.5) is 0 Å². The minimum atomic E-state index is 0.527. The van der Waals surface area contributed by atoms with Gasteiger partial charge in [-0.15, -0.1) is 0 Å². The van der Waals surface area contributed by atoms with Gasteiger partial charge in [0.1, 0.15) is 0 Å². The Morgan fingerprint density at radius 1 is 1.05 bits per heavy atom. The van der Waals surface area contributed by atoms with E-state index < -0.39 is 0 Å². The van der Waals surface area contributed by atoms with Gasteiger partial charge in [-0.05, 0) is 37.7 Å². The molecule has 1 aromatic carbocycles. The van der Waals surface area contributed by atoms with Gasteiger partial charge in [-0.1, -0.05) is 69.4 Å². The second-order valence-electron chi connectivity index (χ2n) is 6.46. The molecule has 0 spiro atoms. The number of hydrogen-bond donors (Lipinski definition) is 1. The van der Waals surface area contributed by atoms with E-state index in [1.165, 1.54) is 56.9 Å². The average Bonchev–Trinajstić information content (AvgIpc) is 2.77. The van der Waals surface area contributed by atoms with Crippen LogP contribution < -0.4 is 5.32 Å². The van der Waals surface area contributed by atoms with Crippen molar-refractivity contribution in [2.45, 2.75) is 77.3 Å². The van der Waals surface area contributed by atoms with Crippen molar-refractivity contribution in [1.82, 2.24) is 5.32 Å². The molecule has 2 rings (SSSR count). The summed E-state index contributed by atoms with van der Waals surface area (Å²) in [6.45, 7) is 4.69. The Bertz CT molecular complexity index is 351. The summed E-state index contributed by atoms with van der Waals surface area (Å²) in [7, 11) is 0. The first-order chi connectivity index (χ1) is 9.81. The third-order valence-corrected chi connectivity index (χ3v) is 4.85. The minimum absolute atomic E-state index is 0.527. The summed E-state index contributed by atoms with van der Waals surface area (Å²) in [5.74, 6) is 0.876. The van der Waals surface area contributed by atoms with Crippen LogP contribution in [0.3, 0.4) is 0 Å². The van der Waals surface area contributed by atoms with Crippen LogP contribution in [0.1, 0.15) is 76.8 Å². The molecule has 0 saturated heterocycles. The van der Waals surface area contributed by atoms with Gasteiger partial charge in [-0.25, -0.2) is 0 Å². The molecule has 0 amide bonds. The lowest BCUT2D eigenvalue weighted by atomic mass is 9.91. The Morgan fingerprint density at radius 2 is 1.70 bits per heavy atom. The van der Waals surface area contributed by atoms with E-state index in [1.54, 1.807) is 0 Å². The van der Waals surface area contributed by atoms with Gasteiger partial charge < -0.3 is 5.32 Å². The maximum Gasteiger partial charge on any atom is 0.0322 e. The van der Waals surface area contributed by atoms with Gasteiger partial charge in [0.15, 0.2) is 0 Å². The molecular formula is C19H31N. The van der Waals surface area contributed by atoms with E-state index in [0.717, 1.165) is 5.92 Å². The Balaban J connectivity index is 1.96. The van der Waals surface area contributed by atoms with E-state index in [9.17, 15) is 0 Å². The Labute approximate surface area is 125 Å². The lowest BCUT2D eigenvalue weighted by Crippen LogP contribution is -2.36. The molecule has 1 heteroatoms. The van der Waals surface area contributed by atoms with Crippen LogP contribution in [0.15, 0.2) is 30.3 Å². The van der Waals surface area contributed by atoms with Crippen molar-refractivity contribution in [2.75, 3.05) is 0 Å². The predicted octanol–water partition coefficient (Wildman–Crippen LogP) is 5.48. The molecule has 1 aromatic rings. The highest BCUT2D eigenvalue weighted by atomic mass is 14.9. The molecule has 0 aliphatic heterocycles. The summed E-state index contributed by atoms with van der Waals surface area (Å²) in [4.78, 5) is 0. The molecule has 1 aliphatic rings. The fourth-order valence-electron chi connectivity index (χ4n) is 3.58. The third kappa shape index (κ3) is 4.63. The third-order valence-electron chi connectivity index (χ3n) is 4.85. The highest BCUT2D eigenvalue weighted by Crippen LogP contribution is 2.28. The normalized spacial score (nSPS) is 20.3. The first kappa shape index (κ1) is 15.6. The first-order valence-electron chi connectivity index (χ1n) is 8.62. The van der Waals surface area contributed by atoms with Crippen LogP contribution in [-0.4, -0.2) is 6.04 Å². The molecule has 1 nitrogen and oxygen atoms in total. The highest BCUT2D eigenvalue weighted by molar-refractivity contribution is 5.19. The maximum absolute atomic E-state index is 3.93. The Kier molecular flexibility index (Phi) is 6.59. The van der Waals surface area contributed by atoms with E-state index in [4.69, 9.17) is 0 Å². The number of benzene rings is 1. The number of nitrogens with one attached hydrogen (secondary N) is 1. The van der Waals surface area contributed by atoms with Gasteiger partial charge in [0.05, 0.1) is 0 Å². The predicted molar refractivity (Wildman–Crippen MR) is 87.9 cm³/mol. The molecule has 1 unspecified atom stereocenters. The number of rotatable bonds is 6. The van der Waals surface area contributed by atoms with Crippen molar-refractivity contribution in [3.05, 3.63) is 35.9 Å². The van der Waals surface area contributed by atoms with Gasteiger partial charge in [-0.3, -0.25) is 0 Å². The van der Waals surface area contributed by atoms with E-state index in [-0.39, 0.29) is 0 Å². The average molecular weight is 273 g/mol. The molecule has 1 fully saturated rings. The van der Waals surface area contributed by atoms with Crippen molar-refractivity contribution >= 4 is 0 Å². The second-order valence-corrected chi connectivity index (χ2v) is 6.46. The molecule has 112 valence electrons. The Hall–Kier alpha value is -0.820. The van der Waals surface area contributed by atoms with Crippen molar-refractivity contribution in [3.8, 4) is 0 Å². The lowest BCUT2D eigenvalue weighted by Gasteiger charge is -2.29. The monoisotopic (exact) mass is 273 g/mol. The van der Waals surface area contributed by atoms with Crippen LogP contribution in [0.25, 0.3) is 0 Å². The number of hydrogen-bond acceptors (Lipinski definition) is 1. The zero-order chi connectivity index (χ0) is 14.2. The zero-order valence-electron chi connectivity index (χ0n) is 13.3. The van der Waals surface area contributed by atoms with Gasteiger partial charge in [-0.2, -0.15) is 0 Å². The van der Waals surface area contributed by atoms with Crippen LogP contribution >= 0.6 is 0 Å². The second kappa shape index (κ2) is 8.46. The Morgan fingerprint density at radius 3 is 2.30 bits per heavy atom. The molecule has 1 N–H and O–H groups in total. The SMILES string of the molecule is CCCC(N[C@@H](C)C1CCCCCC1)c1ccccc1. The van der Waals surface area contributed by atoms with Gasteiger partial charge in [0.2, 0.25) is 0 Å². The first-order valence-corrected chi connectivity index (χ1v) is 8.62. The van der Waals surface area contributed by atoms with Crippen molar-refractivity contribution in [1.29, 1.82) is 0 Å². The van der Waals surface area contributed by atoms with Crippen LogP contribution in [0.5, 0.6) is 0 Å². The summed E-state index contributed by atoms with van der Waals surface area (Å²) >= 11 is 0. The van der Waals surface area contributed by atoms with E-state index >= 15 is 0 Å². The molecular weight excluding hydrogens is 242 g/mol. The molecule has 0 heterocycles. The lowest BCUT2D eigenvalue weighted by molar-refractivity contribution is 0.303. The van der Waals surface area contributed by atoms with Crippen molar-refractivity contribution in [2.24, 2.45) is 5.92 Å². The summed E-state index contributed by atoms with van der Waals surface area (Å²) in [5.41, 5.74) is 1.45. The van der Waals surface area contributed by atoms with Gasteiger partial charge >= 0.3 is 0 Å². The molecule has 1 saturated carbocycles. The molecule has 0 radical (unpaired) electrons. The largest absolute Gasteiger partial charge is 0.307 e. The van der Waals surface area contributed by atoms with E-state index in [2.05, 4.69) is 49.5 Å². The van der Waals surface area contributed by atoms with Crippen molar-refractivity contribution < 1.29 is 0 Å². The maximum atomic E-state index is 3.93. The summed E-state index contributed by atoms with van der Waals surface area (Å²) < 4.78 is 0. The molecule has 1 aliphatic carbocycles. The van der Waals surface area contributed by atoms with Crippen molar-refractivity contribution in [3.63, 3.8) is 0 Å². The smallest absolute Gasteiger partial charge is 0.0322 e. The molecule has 0 bridgehead atoms. The van der Waals surface area contributed by atoms with Gasteiger partial charge in [0.25, 0.3) is 0 Å². The van der Waals surface area contributed by atoms with Crippen LogP contribution in [0, 0.1) is 5.92 Å². The highest BCUT2D eigenvalue weighted by Gasteiger charge is 2.21. The summed E-state index contributed by atoms with van der Waals surface area (Å²) in [6, 6.07) is 12.2. The van der Waals surface area contributed by atoms with Crippen LogP contribution in [0.2, 0.25) is 0 Å². The van der Waals surface area contributed by atoms with Gasteiger partial charge in [0, 0.05) is 12.1 Å². The molecule has 0 aromatic heterocycles. The molecule has 2 atom stereocenters. The summed E-state index contributed by atoms with van der Waals surface area (Å²) in [5, 5.41) is 3.93. The topological polar surface area (TPSA) is 12.0 Å². The fraction of sp³-hybridized carbons (Fsp3) is 0.684. The molecule has 20 heavy (non-hydrogen) atoms. The van der Waals surface area contributed by atoms with E-state index in [1.807, 2.05) is 0 Å². The standard InChI is InChI=1S/C19H31N/c1-3-11-19(18-14-9-6-10-15-18)20-16(2)17-12-7-4-5-8-13-17/h6,9-10,14-17,19-20H,3-5,7-8,11-13H2,1-2H3/t16-,19?/m0/s1. The minimum Gasteiger partial charge on any atom is -0.307 e. The zero-order valence-corrected chi connectivity index (χ0v) is 13.3. The quantitative estimate of drug-likeness (QED) is 0.677. The fourth-order valence-corrected chi connectivity index (χ4v) is 3.58. The van der Waals surface area contributed by atoms with Crippen LogP contribution in [-0.2, 0) is 0 Å².